The predicted octanol–water partition coefficient (Wildman–Crippen LogP) is 3.12. The maximum atomic E-state index is 11.7. The number of hydrogen-bond donors (Lipinski definition) is 2. The van der Waals surface area contributed by atoms with E-state index in [1.165, 1.54) is 6.26 Å². The van der Waals surface area contributed by atoms with Crippen LogP contribution in [-0.2, 0) is 16.0 Å². The zero-order valence-electron chi connectivity index (χ0n) is 13.2. The van der Waals surface area contributed by atoms with Crippen LogP contribution in [0.4, 0.5) is 0 Å². The third-order valence-electron chi connectivity index (χ3n) is 3.55. The van der Waals surface area contributed by atoms with Crippen LogP contribution in [0.3, 0.4) is 0 Å². The Morgan fingerprint density at radius 1 is 1.32 bits per heavy atom. The fourth-order valence-corrected chi connectivity index (χ4v) is 2.30. The number of rotatable bonds is 6. The first-order valence-electron chi connectivity index (χ1n) is 7.62. The molecule has 0 saturated heterocycles. The number of aliphatic hydroxyl groups is 1. The smallest absolute Gasteiger partial charge is 0.306 e. The van der Waals surface area contributed by atoms with Gasteiger partial charge < -0.3 is 19.2 Å². The van der Waals surface area contributed by atoms with Crippen LogP contribution in [0.15, 0.2) is 52.8 Å². The molecule has 0 amide bonds. The fraction of sp³-hybridized carbons (Fsp3) is 0.167. The number of H-pyrrole nitrogens is 1. The van der Waals surface area contributed by atoms with Gasteiger partial charge in [-0.15, -0.1) is 0 Å². The van der Waals surface area contributed by atoms with Gasteiger partial charge in [0.2, 0.25) is 0 Å². The summed E-state index contributed by atoms with van der Waals surface area (Å²) in [5.74, 6) is 0.0577. The van der Waals surface area contributed by atoms with Crippen molar-refractivity contribution in [3.05, 3.63) is 60.0 Å². The second-order valence-electron chi connectivity index (χ2n) is 5.28. The Bertz CT molecular complexity index is 915. The highest BCUT2D eigenvalue weighted by Crippen LogP contribution is 2.18. The number of aliphatic hydroxyl groups excluding tert-OH is 1. The van der Waals surface area contributed by atoms with Crippen LogP contribution in [0.5, 0.6) is 0 Å². The average Bonchev–Trinajstić information content (AvgIpc) is 3.28. The van der Waals surface area contributed by atoms with Crippen LogP contribution in [0.1, 0.15) is 18.0 Å². The van der Waals surface area contributed by atoms with Crippen LogP contribution in [0.2, 0.25) is 0 Å². The number of aryl methyl sites for hydroxylation is 1. The molecule has 0 atom stereocenters. The van der Waals surface area contributed by atoms with Crippen molar-refractivity contribution >= 4 is 22.6 Å². The predicted molar refractivity (Wildman–Crippen MR) is 89.2 cm³/mol. The quantitative estimate of drug-likeness (QED) is 0.406. The number of nitrogens with one attached hydrogen (secondary N) is 1. The molecule has 0 bridgehead atoms. The Morgan fingerprint density at radius 3 is 2.88 bits per heavy atom. The third kappa shape index (κ3) is 3.87. The number of para-hydroxylation sites is 2. The van der Waals surface area contributed by atoms with Gasteiger partial charge in [-0.1, -0.05) is 12.1 Å². The summed E-state index contributed by atoms with van der Waals surface area (Å²) in [5.41, 5.74) is 1.36. The summed E-state index contributed by atoms with van der Waals surface area (Å²) < 4.78 is 10.1. The number of carbonyl (C=O) groups is 1. The van der Waals surface area contributed by atoms with Crippen molar-refractivity contribution in [2.24, 2.45) is 0 Å². The van der Waals surface area contributed by atoms with Gasteiger partial charge in [0.05, 0.1) is 23.7 Å². The van der Waals surface area contributed by atoms with E-state index in [9.17, 15) is 15.2 Å². The Kier molecular flexibility index (Phi) is 4.81. The highest BCUT2D eigenvalue weighted by Gasteiger charge is 2.15. The van der Waals surface area contributed by atoms with E-state index in [1.54, 1.807) is 18.2 Å². The number of nitrogens with zero attached hydrogens (tertiary/aromatic N) is 2. The number of carbonyl (C=O) groups excluding carboxylic acids is 1. The van der Waals surface area contributed by atoms with E-state index in [1.807, 2.05) is 24.3 Å². The van der Waals surface area contributed by atoms with E-state index in [4.69, 9.17) is 9.15 Å². The number of benzene rings is 1. The topological polar surface area (TPSA) is 112 Å². The molecule has 0 aliphatic heterocycles. The Labute approximate surface area is 143 Å². The zero-order valence-corrected chi connectivity index (χ0v) is 13.2. The normalized spacial score (nSPS) is 11.8. The molecule has 7 heteroatoms. The number of hydrogen-bond acceptors (Lipinski definition) is 6. The number of fused-ring (bicyclic) bond motifs is 1. The molecule has 126 valence electrons. The number of furan rings is 1. The first kappa shape index (κ1) is 16.3. The molecule has 7 nitrogen and oxygen atoms in total. The molecule has 3 rings (SSSR count). The van der Waals surface area contributed by atoms with Crippen LogP contribution in [-0.4, -0.2) is 27.7 Å². The number of imidazole rings is 1. The second kappa shape index (κ2) is 7.36. The van der Waals surface area contributed by atoms with Crippen LogP contribution < -0.4 is 0 Å². The highest BCUT2D eigenvalue weighted by molar-refractivity contribution is 5.82. The lowest BCUT2D eigenvalue weighted by atomic mass is 10.2. The first-order chi connectivity index (χ1) is 12.2. The number of ether oxygens (including phenoxy) is 1. The molecule has 25 heavy (non-hydrogen) atoms. The minimum Gasteiger partial charge on any atom is -0.507 e. The second-order valence-corrected chi connectivity index (χ2v) is 5.28. The standard InChI is InChI=1S/C18H15N3O4/c19-10-13(18-20-14-5-1-2-6-15(14)21-18)16(22)11-25-17(23)8-7-12-4-3-9-24-12/h1-6,9,22H,7-8,11H2,(H,20,21)/b16-13-. The summed E-state index contributed by atoms with van der Waals surface area (Å²) in [4.78, 5) is 18.9. The number of nitriles is 1. The molecule has 3 aromatic rings. The lowest BCUT2D eigenvalue weighted by molar-refractivity contribution is -0.143. The van der Waals surface area contributed by atoms with Gasteiger partial charge in [-0.2, -0.15) is 5.26 Å². The van der Waals surface area contributed by atoms with Gasteiger partial charge >= 0.3 is 5.97 Å². The molecular formula is C18H15N3O4. The van der Waals surface area contributed by atoms with Gasteiger partial charge in [-0.25, -0.2) is 4.98 Å². The average molecular weight is 337 g/mol. The van der Waals surface area contributed by atoms with Gasteiger partial charge in [0.25, 0.3) is 0 Å². The van der Waals surface area contributed by atoms with Gasteiger partial charge in [0, 0.05) is 6.42 Å². The van der Waals surface area contributed by atoms with E-state index < -0.39 is 12.6 Å². The Hall–Kier alpha value is -3.53. The summed E-state index contributed by atoms with van der Waals surface area (Å²) in [7, 11) is 0. The Balaban J connectivity index is 1.65. The van der Waals surface area contributed by atoms with Gasteiger partial charge in [0.1, 0.15) is 24.0 Å². The van der Waals surface area contributed by atoms with Gasteiger partial charge in [0.15, 0.2) is 11.6 Å². The van der Waals surface area contributed by atoms with Crippen LogP contribution >= 0.6 is 0 Å². The van der Waals surface area contributed by atoms with Crippen molar-refractivity contribution in [2.45, 2.75) is 12.8 Å². The van der Waals surface area contributed by atoms with Crippen molar-refractivity contribution in [3.63, 3.8) is 0 Å². The van der Waals surface area contributed by atoms with Crippen molar-refractivity contribution in [1.82, 2.24) is 9.97 Å². The molecular weight excluding hydrogens is 322 g/mol. The summed E-state index contributed by atoms with van der Waals surface area (Å²) in [6.07, 6.45) is 2.06. The largest absolute Gasteiger partial charge is 0.507 e. The van der Waals surface area contributed by atoms with Crippen LogP contribution in [0, 0.1) is 11.3 Å². The molecule has 0 radical (unpaired) electrons. The molecule has 0 saturated carbocycles. The molecule has 0 aliphatic rings. The summed E-state index contributed by atoms with van der Waals surface area (Å²) in [5, 5.41) is 19.4. The lowest BCUT2D eigenvalue weighted by Gasteiger charge is -2.05. The summed E-state index contributed by atoms with van der Waals surface area (Å²) in [6.45, 7) is -0.392. The highest BCUT2D eigenvalue weighted by atomic mass is 16.5. The van der Waals surface area contributed by atoms with Crippen molar-refractivity contribution < 1.29 is 19.1 Å². The minimum absolute atomic E-state index is 0.0602. The number of aromatic nitrogens is 2. The van der Waals surface area contributed by atoms with E-state index in [0.29, 0.717) is 17.7 Å². The third-order valence-corrected chi connectivity index (χ3v) is 3.55. The fourth-order valence-electron chi connectivity index (χ4n) is 2.30. The molecule has 0 unspecified atom stereocenters. The molecule has 0 spiro atoms. The molecule has 2 heterocycles. The van der Waals surface area contributed by atoms with E-state index in [0.717, 1.165) is 5.52 Å². The number of esters is 1. The van der Waals surface area contributed by atoms with Crippen molar-refractivity contribution in [1.29, 1.82) is 5.26 Å². The van der Waals surface area contributed by atoms with Gasteiger partial charge in [-0.3, -0.25) is 4.79 Å². The first-order valence-corrected chi connectivity index (χ1v) is 7.62. The molecule has 2 N–H and O–H groups in total. The number of allylic oxidation sites excluding steroid dienone is 1. The lowest BCUT2D eigenvalue weighted by Crippen LogP contribution is -2.09. The SMILES string of the molecule is N#C/C(=C(/O)COC(=O)CCc1ccco1)c1nc2ccccc2[nH]1. The molecule has 1 aromatic carbocycles. The van der Waals surface area contributed by atoms with Crippen molar-refractivity contribution in [3.8, 4) is 6.07 Å². The van der Waals surface area contributed by atoms with E-state index in [2.05, 4.69) is 9.97 Å². The molecule has 0 aliphatic carbocycles. The number of aromatic amines is 1. The summed E-state index contributed by atoms with van der Waals surface area (Å²) >= 11 is 0. The van der Waals surface area contributed by atoms with Gasteiger partial charge in [-0.05, 0) is 24.3 Å². The van der Waals surface area contributed by atoms with E-state index >= 15 is 0 Å². The maximum Gasteiger partial charge on any atom is 0.306 e. The molecule has 0 fully saturated rings. The zero-order chi connectivity index (χ0) is 17.6. The summed E-state index contributed by atoms with van der Waals surface area (Å²) in [6, 6.07) is 12.6. The Morgan fingerprint density at radius 2 is 2.16 bits per heavy atom. The monoisotopic (exact) mass is 337 g/mol. The van der Waals surface area contributed by atoms with E-state index in [-0.39, 0.29) is 23.6 Å². The maximum absolute atomic E-state index is 11.7. The van der Waals surface area contributed by atoms with Crippen LogP contribution in [0.25, 0.3) is 16.6 Å². The molecule has 2 aromatic heterocycles. The van der Waals surface area contributed by atoms with Crippen molar-refractivity contribution in [2.75, 3.05) is 6.61 Å². The minimum atomic E-state index is -0.496.